The minimum absolute atomic E-state index is 0.00958. The second-order valence-electron chi connectivity index (χ2n) is 5.30. The fourth-order valence-corrected chi connectivity index (χ4v) is 3.19. The van der Waals surface area contributed by atoms with Gasteiger partial charge in [0.1, 0.15) is 0 Å². The van der Waals surface area contributed by atoms with Crippen LogP contribution in [0.4, 0.5) is 5.13 Å². The number of quaternary nitrogens is 1. The molecule has 0 fully saturated rings. The molecule has 0 saturated carbocycles. The van der Waals surface area contributed by atoms with Gasteiger partial charge in [-0.2, -0.15) is 0 Å². The molecule has 0 spiro atoms. The van der Waals surface area contributed by atoms with E-state index in [1.54, 1.807) is 11.8 Å². The Bertz CT molecular complexity index is 642. The van der Waals surface area contributed by atoms with E-state index in [0.717, 1.165) is 27.6 Å². The number of aromatic nitrogens is 1. The molecule has 1 aliphatic rings. The van der Waals surface area contributed by atoms with Gasteiger partial charge in [0.25, 0.3) is 0 Å². The van der Waals surface area contributed by atoms with E-state index >= 15 is 0 Å². The van der Waals surface area contributed by atoms with Crippen LogP contribution in [0.2, 0.25) is 0 Å². The molecule has 1 aliphatic heterocycles. The summed E-state index contributed by atoms with van der Waals surface area (Å²) in [5.41, 5.74) is 0.836. The molecule has 0 bridgehead atoms. The van der Waals surface area contributed by atoms with E-state index in [9.17, 15) is 4.79 Å². The first-order valence-corrected chi connectivity index (χ1v) is 7.63. The summed E-state index contributed by atoms with van der Waals surface area (Å²) in [6.07, 6.45) is 0. The molecule has 3 rings (SSSR count). The summed E-state index contributed by atoms with van der Waals surface area (Å²) in [5.74, 6) is 1.46. The largest absolute Gasteiger partial charge is 0.454 e. The maximum atomic E-state index is 11.9. The number of nitrogens with one attached hydrogen (secondary N) is 1. The lowest BCUT2D eigenvalue weighted by atomic mass is 10.3. The zero-order valence-electron chi connectivity index (χ0n) is 12.3. The first-order valence-electron chi connectivity index (χ1n) is 6.82. The molecular formula is C14H18N3O3S+. The van der Waals surface area contributed by atoms with E-state index in [0.29, 0.717) is 12.3 Å². The lowest BCUT2D eigenvalue weighted by molar-refractivity contribution is -0.856. The minimum Gasteiger partial charge on any atom is -0.454 e. The van der Waals surface area contributed by atoms with Crippen LogP contribution in [0.15, 0.2) is 12.1 Å². The Morgan fingerprint density at radius 2 is 2.10 bits per heavy atom. The number of ether oxygens (including phenoxy) is 2. The lowest BCUT2D eigenvalue weighted by Gasteiger charge is -2.18. The van der Waals surface area contributed by atoms with Crippen LogP contribution in [0.25, 0.3) is 10.2 Å². The minimum atomic E-state index is 0.00958. The summed E-state index contributed by atoms with van der Waals surface area (Å²) in [5, 5.41) is 0.724. The zero-order valence-corrected chi connectivity index (χ0v) is 13.1. The van der Waals surface area contributed by atoms with Crippen LogP contribution in [-0.4, -0.2) is 44.9 Å². The zero-order chi connectivity index (χ0) is 15.0. The average Bonchev–Trinajstić information content (AvgIpc) is 3.00. The topological polar surface area (TPSA) is 56.1 Å². The molecule has 112 valence electrons. The van der Waals surface area contributed by atoms with Crippen LogP contribution in [0.3, 0.4) is 0 Å². The molecule has 1 amide bonds. The molecule has 7 heteroatoms. The van der Waals surface area contributed by atoms with Gasteiger partial charge in [-0.15, -0.1) is 0 Å². The Morgan fingerprint density at radius 1 is 1.38 bits per heavy atom. The highest BCUT2D eigenvalue weighted by Crippen LogP contribution is 2.39. The van der Waals surface area contributed by atoms with Gasteiger partial charge >= 0.3 is 0 Å². The normalized spacial score (nSPS) is 13.1. The second-order valence-corrected chi connectivity index (χ2v) is 6.31. The molecule has 0 aliphatic carbocycles. The molecule has 0 radical (unpaired) electrons. The monoisotopic (exact) mass is 308 g/mol. The van der Waals surface area contributed by atoms with E-state index in [2.05, 4.69) is 19.1 Å². The summed E-state index contributed by atoms with van der Waals surface area (Å²) in [6, 6.07) is 3.79. The van der Waals surface area contributed by atoms with Gasteiger partial charge in [0.15, 0.2) is 16.6 Å². The number of benzene rings is 1. The third-order valence-corrected chi connectivity index (χ3v) is 4.36. The standard InChI is InChI=1S/C14H17N3O3S/c1-9(18)17(5-4-16(2)3)14-15-10-6-11-12(20-8-19-11)7-13(10)21-14/h6-7H,4-5,8H2,1-3H3/p+1. The van der Waals surface area contributed by atoms with Crippen LogP contribution in [0.1, 0.15) is 6.92 Å². The van der Waals surface area contributed by atoms with Crippen LogP contribution < -0.4 is 19.3 Å². The average molecular weight is 308 g/mol. The Labute approximate surface area is 126 Å². The Kier molecular flexibility index (Phi) is 3.69. The number of anilines is 1. The van der Waals surface area contributed by atoms with Crippen molar-refractivity contribution in [1.29, 1.82) is 0 Å². The highest BCUT2D eigenvalue weighted by atomic mass is 32.1. The van der Waals surface area contributed by atoms with Crippen LogP contribution in [0.5, 0.6) is 11.5 Å². The van der Waals surface area contributed by atoms with E-state index in [1.165, 1.54) is 16.2 Å². The molecule has 0 unspecified atom stereocenters. The van der Waals surface area contributed by atoms with Gasteiger partial charge in [-0.3, -0.25) is 9.69 Å². The van der Waals surface area contributed by atoms with Crippen molar-refractivity contribution in [2.75, 3.05) is 38.9 Å². The first-order chi connectivity index (χ1) is 10.0. The van der Waals surface area contributed by atoms with Crippen LogP contribution in [-0.2, 0) is 4.79 Å². The third kappa shape index (κ3) is 2.79. The SMILES string of the molecule is CC(=O)N(CC[NH+](C)C)c1nc2cc3c(cc2s1)OCO3. The van der Waals surface area contributed by atoms with Gasteiger partial charge in [-0.1, -0.05) is 11.3 Å². The molecule has 1 aromatic carbocycles. The fraction of sp³-hybridized carbons (Fsp3) is 0.429. The molecule has 0 saturated heterocycles. The van der Waals surface area contributed by atoms with Gasteiger partial charge < -0.3 is 14.4 Å². The smallest absolute Gasteiger partial charge is 0.231 e. The number of likely N-dealkylation sites (N-methyl/N-ethyl adjacent to an activating group) is 1. The number of rotatable bonds is 4. The number of carbonyl (C=O) groups is 1. The highest BCUT2D eigenvalue weighted by molar-refractivity contribution is 7.22. The van der Waals surface area contributed by atoms with Crippen molar-refractivity contribution in [2.45, 2.75) is 6.92 Å². The number of nitrogens with zero attached hydrogens (tertiary/aromatic N) is 2. The lowest BCUT2D eigenvalue weighted by Crippen LogP contribution is -3.06. The van der Waals surface area contributed by atoms with Gasteiger partial charge in [0.2, 0.25) is 12.7 Å². The summed E-state index contributed by atoms with van der Waals surface area (Å²) in [4.78, 5) is 19.5. The summed E-state index contributed by atoms with van der Waals surface area (Å²) >= 11 is 1.50. The molecule has 2 aromatic rings. The second kappa shape index (κ2) is 5.50. The molecule has 21 heavy (non-hydrogen) atoms. The number of hydrogen-bond acceptors (Lipinski definition) is 5. The molecular weight excluding hydrogens is 290 g/mol. The summed E-state index contributed by atoms with van der Waals surface area (Å²) in [7, 11) is 4.13. The Hall–Kier alpha value is -1.86. The molecule has 1 aromatic heterocycles. The third-order valence-electron chi connectivity index (χ3n) is 3.32. The van der Waals surface area contributed by atoms with E-state index < -0.39 is 0 Å². The number of amides is 1. The molecule has 1 N–H and O–H groups in total. The van der Waals surface area contributed by atoms with Crippen molar-refractivity contribution in [2.24, 2.45) is 0 Å². The highest BCUT2D eigenvalue weighted by Gasteiger charge is 2.20. The predicted octanol–water partition coefficient (Wildman–Crippen LogP) is 0.522. The number of fused-ring (bicyclic) bond motifs is 2. The van der Waals surface area contributed by atoms with E-state index in [1.807, 2.05) is 12.1 Å². The summed E-state index contributed by atoms with van der Waals surface area (Å²) < 4.78 is 11.7. The maximum absolute atomic E-state index is 11.9. The van der Waals surface area contributed by atoms with Crippen molar-refractivity contribution in [1.82, 2.24) is 4.98 Å². The molecule has 2 heterocycles. The van der Waals surface area contributed by atoms with E-state index in [4.69, 9.17) is 9.47 Å². The molecule has 6 nitrogen and oxygen atoms in total. The van der Waals surface area contributed by atoms with E-state index in [-0.39, 0.29) is 12.7 Å². The van der Waals surface area contributed by atoms with Crippen molar-refractivity contribution in [3.63, 3.8) is 0 Å². The van der Waals surface area contributed by atoms with Gasteiger partial charge in [0, 0.05) is 19.1 Å². The fourth-order valence-electron chi connectivity index (χ4n) is 2.14. The number of carbonyl (C=O) groups excluding carboxylic acids is 1. The van der Waals surface area contributed by atoms with Gasteiger partial charge in [-0.25, -0.2) is 4.98 Å². The van der Waals surface area contributed by atoms with Crippen molar-refractivity contribution in [3.05, 3.63) is 12.1 Å². The van der Waals surface area contributed by atoms with Gasteiger partial charge in [0.05, 0.1) is 37.4 Å². The Balaban J connectivity index is 1.93. The first kappa shape index (κ1) is 14.1. The number of thiazole rings is 1. The summed E-state index contributed by atoms with van der Waals surface area (Å²) in [6.45, 7) is 3.36. The maximum Gasteiger partial charge on any atom is 0.231 e. The van der Waals surface area contributed by atoms with Crippen molar-refractivity contribution in [3.8, 4) is 11.5 Å². The quantitative estimate of drug-likeness (QED) is 0.895. The van der Waals surface area contributed by atoms with Crippen LogP contribution >= 0.6 is 11.3 Å². The van der Waals surface area contributed by atoms with Crippen molar-refractivity contribution < 1.29 is 19.2 Å². The van der Waals surface area contributed by atoms with Gasteiger partial charge in [-0.05, 0) is 0 Å². The van der Waals surface area contributed by atoms with Crippen molar-refractivity contribution >= 4 is 32.6 Å². The Morgan fingerprint density at radius 3 is 2.76 bits per heavy atom. The molecule has 0 atom stereocenters. The van der Waals surface area contributed by atoms with Crippen LogP contribution in [0, 0.1) is 0 Å². The predicted molar refractivity (Wildman–Crippen MR) is 81.4 cm³/mol. The number of hydrogen-bond donors (Lipinski definition) is 1.